The van der Waals surface area contributed by atoms with E-state index >= 15 is 0 Å². The maximum Gasteiger partial charge on any atom is 0.261 e. The van der Waals surface area contributed by atoms with Crippen LogP contribution >= 0.6 is 0 Å². The fraction of sp³-hybridized carbons (Fsp3) is 0.0556. The standard InChI is InChI=1S/C18H17N3O2S/c1-13-4-7-15(19)11-18(13)14-5-8-17(9-6-14)24(22,23)21-16-3-2-10-20-12-16/h2-12,21H,19H2,1H3. The molecule has 0 saturated carbocycles. The van der Waals surface area contributed by atoms with Gasteiger partial charge >= 0.3 is 0 Å². The first-order valence-electron chi connectivity index (χ1n) is 7.35. The first kappa shape index (κ1) is 16.0. The minimum absolute atomic E-state index is 0.191. The van der Waals surface area contributed by atoms with Gasteiger partial charge in [0.05, 0.1) is 16.8 Å². The zero-order valence-electron chi connectivity index (χ0n) is 13.1. The lowest BCUT2D eigenvalue weighted by atomic mass is 10.0. The lowest BCUT2D eigenvalue weighted by Gasteiger charge is -2.10. The van der Waals surface area contributed by atoms with E-state index < -0.39 is 10.0 Å². The van der Waals surface area contributed by atoms with E-state index in [1.807, 2.05) is 25.1 Å². The van der Waals surface area contributed by atoms with Crippen LogP contribution in [-0.2, 0) is 10.0 Å². The summed E-state index contributed by atoms with van der Waals surface area (Å²) in [5.41, 5.74) is 9.91. The third-order valence-corrected chi connectivity index (χ3v) is 5.05. The Labute approximate surface area is 141 Å². The Morgan fingerprint density at radius 3 is 2.46 bits per heavy atom. The van der Waals surface area contributed by atoms with Crippen LogP contribution in [0.1, 0.15) is 5.56 Å². The number of nitrogens with two attached hydrogens (primary N) is 1. The first-order valence-corrected chi connectivity index (χ1v) is 8.83. The number of hydrogen-bond acceptors (Lipinski definition) is 4. The van der Waals surface area contributed by atoms with Gasteiger partial charge in [-0.2, -0.15) is 0 Å². The minimum atomic E-state index is -3.65. The Hall–Kier alpha value is -2.86. The number of aryl methyl sites for hydroxylation is 1. The molecule has 3 rings (SSSR count). The monoisotopic (exact) mass is 339 g/mol. The third-order valence-electron chi connectivity index (χ3n) is 3.65. The second-order valence-electron chi connectivity index (χ2n) is 5.45. The highest BCUT2D eigenvalue weighted by Crippen LogP contribution is 2.27. The van der Waals surface area contributed by atoms with Crippen molar-refractivity contribution in [3.63, 3.8) is 0 Å². The number of sulfonamides is 1. The molecular formula is C18H17N3O2S. The van der Waals surface area contributed by atoms with Gasteiger partial charge in [-0.3, -0.25) is 9.71 Å². The number of hydrogen-bond donors (Lipinski definition) is 2. The van der Waals surface area contributed by atoms with Crippen LogP contribution in [0, 0.1) is 6.92 Å². The van der Waals surface area contributed by atoms with Crippen molar-refractivity contribution >= 4 is 21.4 Å². The Kier molecular flexibility index (Phi) is 4.22. The maximum absolute atomic E-state index is 12.4. The van der Waals surface area contributed by atoms with Crippen LogP contribution < -0.4 is 10.5 Å². The molecule has 24 heavy (non-hydrogen) atoms. The average Bonchev–Trinajstić information content (AvgIpc) is 2.58. The predicted octanol–water partition coefficient (Wildman–Crippen LogP) is 3.44. The molecule has 122 valence electrons. The van der Waals surface area contributed by atoms with Gasteiger partial charge in [-0.15, -0.1) is 0 Å². The van der Waals surface area contributed by atoms with Gasteiger partial charge in [0.1, 0.15) is 0 Å². The third kappa shape index (κ3) is 3.38. The summed E-state index contributed by atoms with van der Waals surface area (Å²) < 4.78 is 27.3. The molecule has 0 amide bonds. The van der Waals surface area contributed by atoms with Crippen molar-refractivity contribution in [2.45, 2.75) is 11.8 Å². The fourth-order valence-electron chi connectivity index (χ4n) is 2.40. The van der Waals surface area contributed by atoms with Crippen molar-refractivity contribution in [3.8, 4) is 11.1 Å². The topological polar surface area (TPSA) is 85.1 Å². The van der Waals surface area contributed by atoms with Crippen molar-refractivity contribution in [1.82, 2.24) is 4.98 Å². The Morgan fingerprint density at radius 1 is 1.04 bits per heavy atom. The van der Waals surface area contributed by atoms with Gasteiger partial charge in [0.15, 0.2) is 0 Å². The second kappa shape index (κ2) is 6.33. The zero-order valence-corrected chi connectivity index (χ0v) is 13.9. The summed E-state index contributed by atoms with van der Waals surface area (Å²) in [7, 11) is -3.65. The number of pyridine rings is 1. The average molecular weight is 339 g/mol. The van der Waals surface area contributed by atoms with Crippen LogP contribution in [0.25, 0.3) is 11.1 Å². The maximum atomic E-state index is 12.4. The van der Waals surface area contributed by atoms with Gasteiger partial charge in [-0.1, -0.05) is 18.2 Å². The smallest absolute Gasteiger partial charge is 0.261 e. The highest BCUT2D eigenvalue weighted by Gasteiger charge is 2.14. The van der Waals surface area contributed by atoms with E-state index in [9.17, 15) is 8.42 Å². The number of nitrogens with one attached hydrogen (secondary N) is 1. The normalized spacial score (nSPS) is 11.2. The lowest BCUT2D eigenvalue weighted by Crippen LogP contribution is -2.12. The fourth-order valence-corrected chi connectivity index (χ4v) is 3.44. The molecule has 0 aliphatic heterocycles. The van der Waals surface area contributed by atoms with E-state index in [0.29, 0.717) is 11.4 Å². The summed E-state index contributed by atoms with van der Waals surface area (Å²) >= 11 is 0. The van der Waals surface area contributed by atoms with E-state index in [4.69, 9.17) is 5.73 Å². The van der Waals surface area contributed by atoms with Crippen LogP contribution in [-0.4, -0.2) is 13.4 Å². The van der Waals surface area contributed by atoms with Crippen molar-refractivity contribution in [2.24, 2.45) is 0 Å². The van der Waals surface area contributed by atoms with Gasteiger partial charge < -0.3 is 5.73 Å². The number of nitrogen functional groups attached to an aromatic ring is 1. The Balaban J connectivity index is 1.90. The van der Waals surface area contributed by atoms with Gasteiger partial charge in [-0.25, -0.2) is 8.42 Å². The summed E-state index contributed by atoms with van der Waals surface area (Å²) in [4.78, 5) is 4.09. The van der Waals surface area contributed by atoms with E-state index in [1.165, 1.54) is 6.20 Å². The molecule has 6 heteroatoms. The second-order valence-corrected chi connectivity index (χ2v) is 7.13. The van der Waals surface area contributed by atoms with Gasteiger partial charge in [0.25, 0.3) is 10.0 Å². The molecule has 2 aromatic carbocycles. The first-order chi connectivity index (χ1) is 11.5. The van der Waals surface area contributed by atoms with Crippen molar-refractivity contribution in [3.05, 3.63) is 72.6 Å². The molecule has 0 fully saturated rings. The largest absolute Gasteiger partial charge is 0.399 e. The minimum Gasteiger partial charge on any atom is -0.399 e. The molecule has 0 spiro atoms. The summed E-state index contributed by atoms with van der Waals surface area (Å²) in [5.74, 6) is 0. The highest BCUT2D eigenvalue weighted by molar-refractivity contribution is 7.92. The molecule has 0 saturated heterocycles. The van der Waals surface area contributed by atoms with E-state index in [2.05, 4.69) is 9.71 Å². The number of nitrogens with zero attached hydrogens (tertiary/aromatic N) is 1. The van der Waals surface area contributed by atoms with Gasteiger partial charge in [0.2, 0.25) is 0 Å². The quantitative estimate of drug-likeness (QED) is 0.713. The number of anilines is 2. The molecule has 1 aromatic heterocycles. The van der Waals surface area contributed by atoms with Crippen LogP contribution in [0.15, 0.2) is 71.9 Å². The van der Waals surface area contributed by atoms with Crippen LogP contribution in [0.4, 0.5) is 11.4 Å². The van der Waals surface area contributed by atoms with Crippen LogP contribution in [0.3, 0.4) is 0 Å². The molecule has 1 heterocycles. The molecule has 0 bridgehead atoms. The number of aromatic nitrogens is 1. The molecule has 5 nitrogen and oxygen atoms in total. The summed E-state index contributed by atoms with van der Waals surface area (Å²) in [6.45, 7) is 1.99. The highest BCUT2D eigenvalue weighted by atomic mass is 32.2. The molecule has 3 N–H and O–H groups in total. The van der Waals surface area contributed by atoms with E-state index in [0.717, 1.165) is 16.7 Å². The summed E-state index contributed by atoms with van der Waals surface area (Å²) in [6, 6.07) is 15.7. The molecule has 0 aliphatic rings. The predicted molar refractivity (Wildman–Crippen MR) is 96.1 cm³/mol. The van der Waals surface area contributed by atoms with E-state index in [-0.39, 0.29) is 4.90 Å². The zero-order chi connectivity index (χ0) is 17.2. The Morgan fingerprint density at radius 2 is 1.79 bits per heavy atom. The Bertz CT molecular complexity index is 953. The molecule has 3 aromatic rings. The molecular weight excluding hydrogens is 322 g/mol. The van der Waals surface area contributed by atoms with Crippen molar-refractivity contribution in [2.75, 3.05) is 10.5 Å². The molecule has 0 aliphatic carbocycles. The summed E-state index contributed by atoms with van der Waals surface area (Å²) in [6.07, 6.45) is 3.04. The molecule has 0 unspecified atom stereocenters. The SMILES string of the molecule is Cc1ccc(N)cc1-c1ccc(S(=O)(=O)Nc2cccnc2)cc1. The number of rotatable bonds is 4. The lowest BCUT2D eigenvalue weighted by molar-refractivity contribution is 0.601. The molecule has 0 radical (unpaired) electrons. The summed E-state index contributed by atoms with van der Waals surface area (Å²) in [5, 5.41) is 0. The van der Waals surface area contributed by atoms with Crippen LogP contribution in [0.2, 0.25) is 0 Å². The van der Waals surface area contributed by atoms with Gasteiger partial charge in [0, 0.05) is 11.9 Å². The van der Waals surface area contributed by atoms with Gasteiger partial charge in [-0.05, 0) is 60.0 Å². The number of benzene rings is 2. The van der Waals surface area contributed by atoms with Crippen molar-refractivity contribution < 1.29 is 8.42 Å². The van der Waals surface area contributed by atoms with Crippen LogP contribution in [0.5, 0.6) is 0 Å². The van der Waals surface area contributed by atoms with Crippen molar-refractivity contribution in [1.29, 1.82) is 0 Å². The molecule has 0 atom stereocenters. The van der Waals surface area contributed by atoms with E-state index in [1.54, 1.807) is 42.6 Å².